The second kappa shape index (κ2) is 8.38. The Labute approximate surface area is 182 Å². The quantitative estimate of drug-likeness (QED) is 0.699. The van der Waals surface area contributed by atoms with Gasteiger partial charge < -0.3 is 9.64 Å². The van der Waals surface area contributed by atoms with Gasteiger partial charge in [-0.2, -0.15) is 5.26 Å². The summed E-state index contributed by atoms with van der Waals surface area (Å²) < 4.78 is 5.18. The van der Waals surface area contributed by atoms with Crippen LogP contribution in [0.1, 0.15) is 12.0 Å². The average molecular weight is 441 g/mol. The van der Waals surface area contributed by atoms with Gasteiger partial charge in [-0.25, -0.2) is 9.69 Å². The molecule has 0 N–H and O–H groups in total. The van der Waals surface area contributed by atoms with Crippen molar-refractivity contribution in [3.05, 3.63) is 59.4 Å². The maximum atomic E-state index is 13.4. The predicted molar refractivity (Wildman–Crippen MR) is 115 cm³/mol. The van der Waals surface area contributed by atoms with E-state index in [2.05, 4.69) is 11.1 Å². The Morgan fingerprint density at radius 2 is 2.10 bits per heavy atom. The molecule has 2 aliphatic heterocycles. The first kappa shape index (κ1) is 20.3. The molecule has 0 aliphatic carbocycles. The fraction of sp³-hybridized carbons (Fsp3) is 0.238. The molecular formula is C21H17ClN4O3S. The number of pyridine rings is 1. The van der Waals surface area contributed by atoms with E-state index in [9.17, 15) is 9.59 Å². The molecule has 1 fully saturated rings. The molecule has 2 atom stereocenters. The van der Waals surface area contributed by atoms with Crippen molar-refractivity contribution in [2.45, 2.75) is 17.7 Å². The number of nitrogens with zero attached hydrogens (tertiary/aromatic N) is 4. The van der Waals surface area contributed by atoms with Crippen molar-refractivity contribution in [3.63, 3.8) is 0 Å². The Morgan fingerprint density at radius 3 is 2.83 bits per heavy atom. The Bertz CT molecular complexity index is 1080. The highest BCUT2D eigenvalue weighted by Gasteiger charge is 2.49. The summed E-state index contributed by atoms with van der Waals surface area (Å²) in [6.07, 6.45) is 5.00. The predicted octanol–water partition coefficient (Wildman–Crippen LogP) is 3.95. The molecule has 0 saturated carbocycles. The molecule has 0 radical (unpaired) electrons. The number of methoxy groups -OCH3 is 1. The third-order valence-electron chi connectivity index (χ3n) is 4.94. The van der Waals surface area contributed by atoms with Crippen molar-refractivity contribution in [1.29, 1.82) is 5.26 Å². The third-order valence-corrected chi connectivity index (χ3v) is 6.62. The largest absolute Gasteiger partial charge is 0.495 e. The summed E-state index contributed by atoms with van der Waals surface area (Å²) in [5.74, 6) is 0.101. The zero-order valence-corrected chi connectivity index (χ0v) is 17.6. The number of thioether (sulfide) groups is 1. The maximum Gasteiger partial charge on any atom is 0.332 e. The number of aromatic nitrogens is 1. The van der Waals surface area contributed by atoms with Gasteiger partial charge in [-0.05, 0) is 12.1 Å². The minimum Gasteiger partial charge on any atom is -0.495 e. The van der Waals surface area contributed by atoms with E-state index >= 15 is 0 Å². The number of carbonyl (C=O) groups excluding carboxylic acids is 2. The summed E-state index contributed by atoms with van der Waals surface area (Å²) in [6, 6.07) is 10.1. The third kappa shape index (κ3) is 3.51. The lowest BCUT2D eigenvalue weighted by atomic mass is 10.0. The highest BCUT2D eigenvalue weighted by atomic mass is 35.5. The standard InChI is InChI=1S/C21H17ClN4O3S/c1-29-14-9-13(11-24-12-14)26-20(27)19-17(25(21(26)28)8-4-7-23)10-18(30-19)15-5-2-3-6-16(15)22/h2-3,5-6,9-12,17,19H,4,8H2,1H3. The van der Waals surface area contributed by atoms with Crippen LogP contribution in [0.5, 0.6) is 5.75 Å². The summed E-state index contributed by atoms with van der Waals surface area (Å²) in [5, 5.41) is 9.09. The number of fused-ring (bicyclic) bond motifs is 1. The number of nitriles is 1. The molecule has 9 heteroatoms. The van der Waals surface area contributed by atoms with Crippen LogP contribution in [0.25, 0.3) is 4.91 Å². The fourth-order valence-electron chi connectivity index (χ4n) is 3.52. The van der Waals surface area contributed by atoms with Crippen LogP contribution in [0, 0.1) is 11.3 Å². The van der Waals surface area contributed by atoms with Gasteiger partial charge >= 0.3 is 6.03 Å². The number of hydrogen-bond donors (Lipinski definition) is 0. The van der Waals surface area contributed by atoms with Gasteiger partial charge in [0, 0.05) is 28.1 Å². The first-order valence-electron chi connectivity index (χ1n) is 9.19. The van der Waals surface area contributed by atoms with E-state index < -0.39 is 17.3 Å². The normalized spacial score (nSPS) is 20.6. The smallest absolute Gasteiger partial charge is 0.332 e. The number of ether oxygens (including phenoxy) is 1. The topological polar surface area (TPSA) is 86.5 Å². The molecule has 2 aliphatic rings. The zero-order chi connectivity index (χ0) is 21.3. The minimum absolute atomic E-state index is 0.160. The van der Waals surface area contributed by atoms with E-state index in [0.717, 1.165) is 15.4 Å². The molecule has 1 aromatic carbocycles. The zero-order valence-electron chi connectivity index (χ0n) is 16.0. The van der Waals surface area contributed by atoms with Crippen molar-refractivity contribution in [2.24, 2.45) is 0 Å². The van der Waals surface area contributed by atoms with Gasteiger partial charge in [0.15, 0.2) is 0 Å². The Hall–Kier alpha value is -3.02. The summed E-state index contributed by atoms with van der Waals surface area (Å²) >= 11 is 7.72. The van der Waals surface area contributed by atoms with E-state index in [1.807, 2.05) is 24.3 Å². The number of carbonyl (C=O) groups is 2. The number of hydrogen-bond acceptors (Lipinski definition) is 6. The van der Waals surface area contributed by atoms with Crippen LogP contribution in [-0.2, 0) is 4.79 Å². The molecular weight excluding hydrogens is 424 g/mol. The number of benzene rings is 1. The Balaban J connectivity index is 1.73. The molecule has 4 rings (SSSR count). The molecule has 1 aromatic heterocycles. The highest BCUT2D eigenvalue weighted by molar-refractivity contribution is 8.09. The molecule has 0 bridgehead atoms. The number of urea groups is 1. The van der Waals surface area contributed by atoms with Gasteiger partial charge in [0.05, 0.1) is 43.7 Å². The van der Waals surface area contributed by atoms with Crippen molar-refractivity contribution in [2.75, 3.05) is 18.6 Å². The molecule has 1 saturated heterocycles. The number of imide groups is 1. The molecule has 2 unspecified atom stereocenters. The highest BCUT2D eigenvalue weighted by Crippen LogP contribution is 2.46. The van der Waals surface area contributed by atoms with Crippen LogP contribution in [0.3, 0.4) is 0 Å². The van der Waals surface area contributed by atoms with Crippen molar-refractivity contribution < 1.29 is 14.3 Å². The fourth-order valence-corrected chi connectivity index (χ4v) is 5.19. The number of anilines is 1. The molecule has 30 heavy (non-hydrogen) atoms. The SMILES string of the molecule is COc1cncc(N2C(=O)C3SC(c4ccccc4Cl)=CC3N(CCC#N)C2=O)c1. The van der Waals surface area contributed by atoms with Gasteiger partial charge in [0.2, 0.25) is 0 Å². The molecule has 3 amide bonds. The second-order valence-corrected chi connectivity index (χ2v) is 8.27. The molecule has 3 heterocycles. The Morgan fingerprint density at radius 1 is 1.30 bits per heavy atom. The van der Waals surface area contributed by atoms with E-state index in [0.29, 0.717) is 16.5 Å². The van der Waals surface area contributed by atoms with Crippen molar-refractivity contribution in [1.82, 2.24) is 9.88 Å². The average Bonchev–Trinajstić information content (AvgIpc) is 3.19. The van der Waals surface area contributed by atoms with Crippen molar-refractivity contribution in [3.8, 4) is 11.8 Å². The monoisotopic (exact) mass is 440 g/mol. The van der Waals surface area contributed by atoms with Gasteiger partial charge in [-0.3, -0.25) is 9.78 Å². The van der Waals surface area contributed by atoms with E-state index in [1.165, 1.54) is 31.3 Å². The van der Waals surface area contributed by atoms with Gasteiger partial charge in [0.25, 0.3) is 5.91 Å². The van der Waals surface area contributed by atoms with Gasteiger partial charge in [-0.1, -0.05) is 29.8 Å². The van der Waals surface area contributed by atoms with E-state index in [1.54, 1.807) is 17.0 Å². The lowest BCUT2D eigenvalue weighted by molar-refractivity contribution is -0.119. The first-order chi connectivity index (χ1) is 14.5. The lowest BCUT2D eigenvalue weighted by Gasteiger charge is -2.40. The van der Waals surface area contributed by atoms with Crippen LogP contribution in [0.4, 0.5) is 10.5 Å². The molecule has 152 valence electrons. The van der Waals surface area contributed by atoms with E-state index in [-0.39, 0.29) is 18.9 Å². The van der Waals surface area contributed by atoms with Crippen LogP contribution < -0.4 is 9.64 Å². The van der Waals surface area contributed by atoms with Crippen LogP contribution in [0.2, 0.25) is 5.02 Å². The van der Waals surface area contributed by atoms with Crippen molar-refractivity contribution >= 4 is 45.9 Å². The number of halogens is 1. The van der Waals surface area contributed by atoms with E-state index in [4.69, 9.17) is 21.6 Å². The molecule has 7 nitrogen and oxygen atoms in total. The minimum atomic E-state index is -0.543. The van der Waals surface area contributed by atoms with Crippen LogP contribution in [0.15, 0.2) is 48.8 Å². The Kier molecular flexibility index (Phi) is 5.66. The maximum absolute atomic E-state index is 13.4. The summed E-state index contributed by atoms with van der Waals surface area (Å²) in [4.78, 5) is 34.2. The van der Waals surface area contributed by atoms with Crippen LogP contribution in [-0.4, -0.2) is 46.8 Å². The summed E-state index contributed by atoms with van der Waals surface area (Å²) in [6.45, 7) is 0.213. The van der Waals surface area contributed by atoms with Gasteiger partial charge in [0.1, 0.15) is 11.0 Å². The first-order valence-corrected chi connectivity index (χ1v) is 10.4. The number of rotatable bonds is 5. The summed E-state index contributed by atoms with van der Waals surface area (Å²) in [7, 11) is 1.49. The number of amides is 3. The van der Waals surface area contributed by atoms with Gasteiger partial charge in [-0.15, -0.1) is 11.8 Å². The lowest BCUT2D eigenvalue weighted by Crippen LogP contribution is -2.62. The van der Waals surface area contributed by atoms with Crippen LogP contribution >= 0.6 is 23.4 Å². The second-order valence-electron chi connectivity index (χ2n) is 6.68. The summed E-state index contributed by atoms with van der Waals surface area (Å²) in [5.41, 5.74) is 1.14. The molecule has 2 aromatic rings. The molecule has 0 spiro atoms.